The Balaban J connectivity index is 2.98. The van der Waals surface area contributed by atoms with Crippen molar-refractivity contribution >= 4 is 20.9 Å². The molecule has 0 aliphatic rings. The first-order chi connectivity index (χ1) is 7.54. The fraction of sp³-hybridized carbons (Fsp3) is 0. The number of nitriles is 1. The van der Waals surface area contributed by atoms with Crippen molar-refractivity contribution in [1.82, 2.24) is 0 Å². The topological polar surface area (TPSA) is 78.2 Å². The zero-order valence-corrected chi connectivity index (χ0v) is 8.90. The van der Waals surface area contributed by atoms with Gasteiger partial charge in [0.05, 0.1) is 11.6 Å². The molecule has 16 heavy (non-hydrogen) atoms. The van der Waals surface area contributed by atoms with Gasteiger partial charge >= 0.3 is 0 Å². The molecule has 0 aromatic heterocycles. The predicted molar refractivity (Wildman–Crippen MR) is 58.5 cm³/mol. The highest BCUT2D eigenvalue weighted by atomic mass is 32.2. The average Bonchev–Trinajstić information content (AvgIpc) is 2.26. The molecule has 0 saturated carbocycles. The summed E-state index contributed by atoms with van der Waals surface area (Å²) in [5.41, 5.74) is 0.378. The number of fused-ring (bicyclic) bond motifs is 1. The minimum Gasteiger partial charge on any atom is -0.282 e. The van der Waals surface area contributed by atoms with Crippen LogP contribution in [0.15, 0.2) is 41.3 Å². The first kappa shape index (κ1) is 10.6. The van der Waals surface area contributed by atoms with E-state index in [0.29, 0.717) is 16.3 Å². The van der Waals surface area contributed by atoms with Crippen molar-refractivity contribution in [3.8, 4) is 6.07 Å². The molecule has 0 atom stereocenters. The van der Waals surface area contributed by atoms with Gasteiger partial charge in [-0.05, 0) is 12.1 Å². The molecule has 0 heterocycles. The largest absolute Gasteiger partial charge is 0.295 e. The third-order valence-electron chi connectivity index (χ3n) is 2.28. The van der Waals surface area contributed by atoms with E-state index in [1.807, 2.05) is 6.07 Å². The van der Waals surface area contributed by atoms with E-state index in [9.17, 15) is 8.42 Å². The van der Waals surface area contributed by atoms with Crippen LogP contribution in [-0.4, -0.2) is 13.0 Å². The van der Waals surface area contributed by atoms with E-state index in [2.05, 4.69) is 0 Å². The highest BCUT2D eigenvalue weighted by Crippen LogP contribution is 2.25. The van der Waals surface area contributed by atoms with Gasteiger partial charge in [0.25, 0.3) is 10.1 Å². The van der Waals surface area contributed by atoms with Gasteiger partial charge in [-0.25, -0.2) is 0 Å². The Morgan fingerprint density at radius 2 is 1.69 bits per heavy atom. The minimum absolute atomic E-state index is 0.179. The van der Waals surface area contributed by atoms with E-state index in [1.165, 1.54) is 12.1 Å². The Morgan fingerprint density at radius 1 is 1.06 bits per heavy atom. The first-order valence-corrected chi connectivity index (χ1v) is 5.87. The summed E-state index contributed by atoms with van der Waals surface area (Å²) in [5.74, 6) is 0. The van der Waals surface area contributed by atoms with Gasteiger partial charge in [0.1, 0.15) is 4.90 Å². The molecule has 2 aromatic rings. The van der Waals surface area contributed by atoms with Crippen molar-refractivity contribution in [1.29, 1.82) is 5.26 Å². The molecule has 0 unspecified atom stereocenters. The van der Waals surface area contributed by atoms with Gasteiger partial charge in [-0.1, -0.05) is 24.3 Å². The van der Waals surface area contributed by atoms with Gasteiger partial charge in [-0.15, -0.1) is 0 Å². The first-order valence-electron chi connectivity index (χ1n) is 4.43. The second-order valence-corrected chi connectivity index (χ2v) is 4.63. The molecule has 0 aliphatic heterocycles. The van der Waals surface area contributed by atoms with Gasteiger partial charge in [0, 0.05) is 10.8 Å². The molecule has 0 aliphatic carbocycles. The molecular formula is C11H7NO3S. The standard InChI is InChI=1S/C11H7NO3S/c12-7-8-5-6-11(16(13,14)15)10-4-2-1-3-9(8)10/h1-6H,(H,13,14,15). The highest BCUT2D eigenvalue weighted by Gasteiger charge is 2.14. The molecule has 0 saturated heterocycles. The molecular weight excluding hydrogens is 226 g/mol. The van der Waals surface area contributed by atoms with E-state index < -0.39 is 10.1 Å². The maximum absolute atomic E-state index is 11.1. The Bertz CT molecular complexity index is 699. The summed E-state index contributed by atoms with van der Waals surface area (Å²) in [6.45, 7) is 0. The molecule has 2 aromatic carbocycles. The lowest BCUT2D eigenvalue weighted by Crippen LogP contribution is -1.99. The number of hydrogen-bond donors (Lipinski definition) is 1. The van der Waals surface area contributed by atoms with Gasteiger partial charge in [0.15, 0.2) is 0 Å². The maximum Gasteiger partial charge on any atom is 0.295 e. The zero-order valence-electron chi connectivity index (χ0n) is 8.08. The van der Waals surface area contributed by atoms with Crippen molar-refractivity contribution in [2.24, 2.45) is 0 Å². The summed E-state index contributed by atoms with van der Waals surface area (Å²) < 4.78 is 31.3. The zero-order chi connectivity index (χ0) is 11.8. The van der Waals surface area contributed by atoms with E-state index in [-0.39, 0.29) is 4.90 Å². The van der Waals surface area contributed by atoms with Crippen LogP contribution in [0.5, 0.6) is 0 Å². The van der Waals surface area contributed by atoms with Crippen molar-refractivity contribution in [2.75, 3.05) is 0 Å². The summed E-state index contributed by atoms with van der Waals surface area (Å²) in [4.78, 5) is -0.179. The SMILES string of the molecule is N#Cc1ccc(S(=O)(=O)O)c2ccccc12. The lowest BCUT2D eigenvalue weighted by atomic mass is 10.1. The van der Waals surface area contributed by atoms with Crippen LogP contribution in [0.1, 0.15) is 5.56 Å². The molecule has 1 N–H and O–H groups in total. The summed E-state index contributed by atoms with van der Waals surface area (Å²) in [6.07, 6.45) is 0. The van der Waals surface area contributed by atoms with E-state index >= 15 is 0 Å². The number of rotatable bonds is 1. The molecule has 80 valence electrons. The van der Waals surface area contributed by atoms with Crippen LogP contribution < -0.4 is 0 Å². The van der Waals surface area contributed by atoms with Crippen LogP contribution in [0.25, 0.3) is 10.8 Å². The molecule has 0 amide bonds. The van der Waals surface area contributed by atoms with E-state index in [4.69, 9.17) is 9.81 Å². The molecule has 5 heteroatoms. The molecule has 0 bridgehead atoms. The van der Waals surface area contributed by atoms with Gasteiger partial charge in [-0.2, -0.15) is 13.7 Å². The average molecular weight is 233 g/mol. The van der Waals surface area contributed by atoms with Crippen molar-refractivity contribution in [2.45, 2.75) is 4.90 Å². The quantitative estimate of drug-likeness (QED) is 0.763. The fourth-order valence-corrected chi connectivity index (χ4v) is 2.29. The van der Waals surface area contributed by atoms with Gasteiger partial charge < -0.3 is 0 Å². The van der Waals surface area contributed by atoms with Crippen LogP contribution in [0, 0.1) is 11.3 Å². The number of benzene rings is 2. The summed E-state index contributed by atoms with van der Waals surface area (Å²) in [6, 6.07) is 11.1. The molecule has 0 radical (unpaired) electrons. The van der Waals surface area contributed by atoms with E-state index in [1.54, 1.807) is 24.3 Å². The van der Waals surface area contributed by atoms with Crippen molar-refractivity contribution in [3.05, 3.63) is 42.0 Å². The van der Waals surface area contributed by atoms with Crippen LogP contribution in [0.3, 0.4) is 0 Å². The third-order valence-corrected chi connectivity index (χ3v) is 3.19. The monoisotopic (exact) mass is 233 g/mol. The lowest BCUT2D eigenvalue weighted by molar-refractivity contribution is 0.484. The predicted octanol–water partition coefficient (Wildman–Crippen LogP) is 1.96. The summed E-state index contributed by atoms with van der Waals surface area (Å²) in [5, 5.41) is 9.73. The second kappa shape index (κ2) is 3.59. The Kier molecular flexibility index (Phi) is 2.38. The lowest BCUT2D eigenvalue weighted by Gasteiger charge is -2.04. The highest BCUT2D eigenvalue weighted by molar-refractivity contribution is 7.86. The van der Waals surface area contributed by atoms with Crippen LogP contribution in [0.2, 0.25) is 0 Å². The maximum atomic E-state index is 11.1. The minimum atomic E-state index is -4.26. The summed E-state index contributed by atoms with van der Waals surface area (Å²) >= 11 is 0. The molecule has 0 fully saturated rings. The van der Waals surface area contributed by atoms with Crippen molar-refractivity contribution in [3.63, 3.8) is 0 Å². The molecule has 2 rings (SSSR count). The number of hydrogen-bond acceptors (Lipinski definition) is 3. The normalized spacial score (nSPS) is 11.2. The van der Waals surface area contributed by atoms with Crippen LogP contribution in [-0.2, 0) is 10.1 Å². The van der Waals surface area contributed by atoms with Gasteiger partial charge in [-0.3, -0.25) is 4.55 Å². The third kappa shape index (κ3) is 1.65. The molecule has 0 spiro atoms. The molecule has 4 nitrogen and oxygen atoms in total. The smallest absolute Gasteiger partial charge is 0.282 e. The van der Waals surface area contributed by atoms with Crippen LogP contribution in [0.4, 0.5) is 0 Å². The number of nitrogens with zero attached hydrogens (tertiary/aromatic N) is 1. The Morgan fingerprint density at radius 3 is 2.25 bits per heavy atom. The second-order valence-electron chi connectivity index (χ2n) is 3.24. The Hall–Kier alpha value is -1.90. The summed E-state index contributed by atoms with van der Waals surface area (Å²) in [7, 11) is -4.26. The van der Waals surface area contributed by atoms with E-state index in [0.717, 1.165) is 0 Å². The van der Waals surface area contributed by atoms with Crippen LogP contribution >= 0.6 is 0 Å². The van der Waals surface area contributed by atoms with Crippen molar-refractivity contribution < 1.29 is 13.0 Å². The van der Waals surface area contributed by atoms with Gasteiger partial charge in [0.2, 0.25) is 0 Å². The fourth-order valence-electron chi connectivity index (χ4n) is 1.59. The Labute approximate surface area is 92.5 Å².